The number of amides is 1. The second kappa shape index (κ2) is 5.14. The van der Waals surface area contributed by atoms with Gasteiger partial charge in [-0.25, -0.2) is 0 Å². The second-order valence-electron chi connectivity index (χ2n) is 2.65. The van der Waals surface area contributed by atoms with Gasteiger partial charge in [-0.05, 0) is 19.1 Å². The predicted molar refractivity (Wildman–Crippen MR) is 53.6 cm³/mol. The van der Waals surface area contributed by atoms with Crippen molar-refractivity contribution in [1.82, 2.24) is 5.32 Å². The lowest BCUT2D eigenvalue weighted by atomic mass is 10.2. The van der Waals surface area contributed by atoms with Gasteiger partial charge >= 0.3 is 0 Å². The first kappa shape index (κ1) is 9.52. The molecule has 0 radical (unpaired) electrons. The van der Waals surface area contributed by atoms with Gasteiger partial charge in [0.25, 0.3) is 5.91 Å². The summed E-state index contributed by atoms with van der Waals surface area (Å²) >= 11 is 0. The number of carbonyl (C=O) groups is 1. The minimum atomic E-state index is -0.0290. The Labute approximate surface area is 78.3 Å². The summed E-state index contributed by atoms with van der Waals surface area (Å²) in [5, 5.41) is 2.77. The molecule has 0 spiro atoms. The molecule has 1 amide bonds. The fourth-order valence-corrected chi connectivity index (χ4v) is 0.961. The van der Waals surface area contributed by atoms with E-state index < -0.39 is 0 Å². The smallest absolute Gasteiger partial charge is 0.251 e. The Balaban J connectivity index is 2.49. The van der Waals surface area contributed by atoms with Gasteiger partial charge in [0.1, 0.15) is 0 Å². The summed E-state index contributed by atoms with van der Waals surface area (Å²) in [6, 6.07) is 9.19. The molecule has 13 heavy (non-hydrogen) atoms. The molecule has 1 rings (SSSR count). The molecule has 2 heteroatoms. The standard InChI is InChI=1S/C11H13NO/c1-2-3-9-12-11(13)10-7-5-4-6-8-10/h2-8H,9H2,1H3,(H,12,13). The van der Waals surface area contributed by atoms with E-state index in [1.54, 1.807) is 12.1 Å². The van der Waals surface area contributed by atoms with Crippen LogP contribution in [-0.2, 0) is 0 Å². The van der Waals surface area contributed by atoms with Gasteiger partial charge in [-0.15, -0.1) is 0 Å². The average molecular weight is 175 g/mol. The quantitative estimate of drug-likeness (QED) is 0.699. The Morgan fingerprint density at radius 1 is 1.38 bits per heavy atom. The first-order valence-electron chi connectivity index (χ1n) is 4.29. The molecule has 0 aliphatic heterocycles. The van der Waals surface area contributed by atoms with E-state index >= 15 is 0 Å². The van der Waals surface area contributed by atoms with E-state index in [9.17, 15) is 4.79 Å². The van der Waals surface area contributed by atoms with Crippen LogP contribution in [-0.4, -0.2) is 12.5 Å². The minimum Gasteiger partial charge on any atom is -0.349 e. The van der Waals surface area contributed by atoms with Crippen LogP contribution in [0.4, 0.5) is 0 Å². The number of carbonyl (C=O) groups excluding carboxylic acids is 1. The number of rotatable bonds is 3. The molecule has 0 atom stereocenters. The molecule has 1 aromatic rings. The van der Waals surface area contributed by atoms with Gasteiger partial charge in [0, 0.05) is 12.1 Å². The maximum atomic E-state index is 11.4. The number of hydrogen-bond donors (Lipinski definition) is 1. The van der Waals surface area contributed by atoms with Crippen molar-refractivity contribution in [1.29, 1.82) is 0 Å². The summed E-state index contributed by atoms with van der Waals surface area (Å²) < 4.78 is 0. The van der Waals surface area contributed by atoms with Gasteiger partial charge in [0.15, 0.2) is 0 Å². The fourth-order valence-electron chi connectivity index (χ4n) is 0.961. The fraction of sp³-hybridized carbons (Fsp3) is 0.182. The summed E-state index contributed by atoms with van der Waals surface area (Å²) in [4.78, 5) is 11.4. The van der Waals surface area contributed by atoms with Crippen LogP contribution in [0.2, 0.25) is 0 Å². The van der Waals surface area contributed by atoms with E-state index in [2.05, 4.69) is 5.32 Å². The van der Waals surface area contributed by atoms with Crippen LogP contribution in [0.25, 0.3) is 0 Å². The average Bonchev–Trinajstić information content (AvgIpc) is 2.19. The Bertz CT molecular complexity index is 290. The topological polar surface area (TPSA) is 29.1 Å². The molecular weight excluding hydrogens is 162 g/mol. The van der Waals surface area contributed by atoms with E-state index in [0.29, 0.717) is 12.1 Å². The van der Waals surface area contributed by atoms with E-state index in [4.69, 9.17) is 0 Å². The largest absolute Gasteiger partial charge is 0.349 e. The third-order valence-corrected chi connectivity index (χ3v) is 1.65. The number of benzene rings is 1. The molecule has 0 aliphatic carbocycles. The highest BCUT2D eigenvalue weighted by Gasteiger charge is 2.00. The summed E-state index contributed by atoms with van der Waals surface area (Å²) in [6.45, 7) is 2.51. The lowest BCUT2D eigenvalue weighted by Crippen LogP contribution is -2.23. The van der Waals surface area contributed by atoms with Crippen LogP contribution in [0.5, 0.6) is 0 Å². The molecule has 1 aromatic carbocycles. The van der Waals surface area contributed by atoms with Crippen molar-refractivity contribution in [3.63, 3.8) is 0 Å². The molecule has 0 fully saturated rings. The number of allylic oxidation sites excluding steroid dienone is 1. The third kappa shape index (κ3) is 3.11. The SMILES string of the molecule is CC=CCNC(=O)c1ccccc1. The normalized spacial score (nSPS) is 10.2. The van der Waals surface area contributed by atoms with Crippen molar-refractivity contribution in [2.75, 3.05) is 6.54 Å². The lowest BCUT2D eigenvalue weighted by molar-refractivity contribution is 0.0958. The second-order valence-corrected chi connectivity index (χ2v) is 2.65. The molecule has 0 heterocycles. The zero-order chi connectivity index (χ0) is 9.52. The molecule has 68 valence electrons. The van der Waals surface area contributed by atoms with Crippen LogP contribution in [0, 0.1) is 0 Å². The van der Waals surface area contributed by atoms with Gasteiger partial charge in [0.2, 0.25) is 0 Å². The van der Waals surface area contributed by atoms with E-state index in [0.717, 1.165) is 0 Å². The summed E-state index contributed by atoms with van der Waals surface area (Å²) in [5.41, 5.74) is 0.701. The molecule has 2 nitrogen and oxygen atoms in total. The molecular formula is C11H13NO. The van der Waals surface area contributed by atoms with Crippen LogP contribution < -0.4 is 5.32 Å². The van der Waals surface area contributed by atoms with Gasteiger partial charge in [-0.2, -0.15) is 0 Å². The van der Waals surface area contributed by atoms with Crippen molar-refractivity contribution >= 4 is 5.91 Å². The van der Waals surface area contributed by atoms with Crippen LogP contribution >= 0.6 is 0 Å². The van der Waals surface area contributed by atoms with Crippen molar-refractivity contribution in [3.8, 4) is 0 Å². The van der Waals surface area contributed by atoms with Gasteiger partial charge in [-0.1, -0.05) is 30.4 Å². The highest BCUT2D eigenvalue weighted by molar-refractivity contribution is 5.94. The molecule has 0 bridgehead atoms. The van der Waals surface area contributed by atoms with Crippen LogP contribution in [0.3, 0.4) is 0 Å². The van der Waals surface area contributed by atoms with Gasteiger partial charge in [-0.3, -0.25) is 4.79 Å². The summed E-state index contributed by atoms with van der Waals surface area (Å²) in [6.07, 6.45) is 3.81. The molecule has 0 saturated carbocycles. The monoisotopic (exact) mass is 175 g/mol. The Morgan fingerprint density at radius 3 is 2.69 bits per heavy atom. The minimum absolute atomic E-state index is 0.0290. The summed E-state index contributed by atoms with van der Waals surface area (Å²) in [7, 11) is 0. The van der Waals surface area contributed by atoms with Crippen molar-refractivity contribution < 1.29 is 4.79 Å². The number of nitrogens with one attached hydrogen (secondary N) is 1. The first-order valence-corrected chi connectivity index (χ1v) is 4.29. The lowest BCUT2D eigenvalue weighted by Gasteiger charge is -2.00. The Hall–Kier alpha value is -1.57. The highest BCUT2D eigenvalue weighted by Crippen LogP contribution is 1.97. The molecule has 0 unspecified atom stereocenters. The first-order chi connectivity index (χ1) is 6.34. The van der Waals surface area contributed by atoms with Gasteiger partial charge in [0.05, 0.1) is 0 Å². The highest BCUT2D eigenvalue weighted by atomic mass is 16.1. The van der Waals surface area contributed by atoms with Crippen LogP contribution in [0.1, 0.15) is 17.3 Å². The summed E-state index contributed by atoms with van der Waals surface area (Å²) in [5.74, 6) is -0.0290. The zero-order valence-corrected chi connectivity index (χ0v) is 7.66. The van der Waals surface area contributed by atoms with E-state index in [-0.39, 0.29) is 5.91 Å². The molecule has 0 aromatic heterocycles. The van der Waals surface area contributed by atoms with Gasteiger partial charge < -0.3 is 5.32 Å². The van der Waals surface area contributed by atoms with Crippen molar-refractivity contribution in [3.05, 3.63) is 48.0 Å². The zero-order valence-electron chi connectivity index (χ0n) is 7.66. The maximum absolute atomic E-state index is 11.4. The Morgan fingerprint density at radius 2 is 2.08 bits per heavy atom. The maximum Gasteiger partial charge on any atom is 0.251 e. The molecule has 0 saturated heterocycles. The van der Waals surface area contributed by atoms with Crippen molar-refractivity contribution in [2.45, 2.75) is 6.92 Å². The van der Waals surface area contributed by atoms with Crippen LogP contribution in [0.15, 0.2) is 42.5 Å². The van der Waals surface area contributed by atoms with E-state index in [1.165, 1.54) is 0 Å². The number of hydrogen-bond acceptors (Lipinski definition) is 1. The van der Waals surface area contributed by atoms with E-state index in [1.807, 2.05) is 37.3 Å². The third-order valence-electron chi connectivity index (χ3n) is 1.65. The molecule has 1 N–H and O–H groups in total. The Kier molecular flexibility index (Phi) is 3.76. The predicted octanol–water partition coefficient (Wildman–Crippen LogP) is 1.99. The molecule has 0 aliphatic rings. The van der Waals surface area contributed by atoms with Crippen molar-refractivity contribution in [2.24, 2.45) is 0 Å².